The van der Waals surface area contributed by atoms with Crippen molar-refractivity contribution in [2.24, 2.45) is 0 Å². The molecule has 3 rings (SSSR count). The Balaban J connectivity index is -0.00000211. The average Bonchev–Trinajstić information content (AvgIpc) is 2.86. The van der Waals surface area contributed by atoms with Crippen molar-refractivity contribution in [2.45, 2.75) is 59.4 Å². The third-order valence-electron chi connectivity index (χ3n) is 5.99. The predicted molar refractivity (Wildman–Crippen MR) is 159 cm³/mol. The Kier molecular flexibility index (Phi) is 17.6. The normalized spacial score (nSPS) is 10.9. The lowest BCUT2D eigenvalue weighted by Crippen LogP contribution is -2.14. The molecular formula is C30H48F2NO3P. The van der Waals surface area contributed by atoms with Gasteiger partial charge in [0.25, 0.3) is 0 Å². The summed E-state index contributed by atoms with van der Waals surface area (Å²) in [4.78, 5) is 0. The Hall–Kier alpha value is -2.37. The monoisotopic (exact) mass is 539 g/mol. The van der Waals surface area contributed by atoms with E-state index in [1.165, 1.54) is 22.8 Å². The lowest BCUT2D eigenvalue weighted by Gasteiger charge is -2.20. The quantitative estimate of drug-likeness (QED) is 0.203. The van der Waals surface area contributed by atoms with Crippen LogP contribution in [0.1, 0.15) is 69.7 Å². The molecule has 7 heteroatoms. The van der Waals surface area contributed by atoms with Crippen LogP contribution < -0.4 is 10.1 Å². The van der Waals surface area contributed by atoms with Crippen molar-refractivity contribution in [3.8, 4) is 5.75 Å². The lowest BCUT2D eigenvalue weighted by molar-refractivity contribution is 0.303. The van der Waals surface area contributed by atoms with Gasteiger partial charge in [0.15, 0.2) is 0 Å². The van der Waals surface area contributed by atoms with Gasteiger partial charge in [-0.1, -0.05) is 50.2 Å². The molecule has 0 amide bonds. The van der Waals surface area contributed by atoms with Crippen molar-refractivity contribution in [1.82, 2.24) is 5.32 Å². The van der Waals surface area contributed by atoms with Crippen LogP contribution in [0.3, 0.4) is 0 Å². The summed E-state index contributed by atoms with van der Waals surface area (Å²) < 4.78 is 34.1. The fourth-order valence-corrected chi connectivity index (χ4v) is 4.11. The molecule has 3 aromatic rings. The van der Waals surface area contributed by atoms with Crippen LogP contribution in [0.2, 0.25) is 0 Å². The minimum Gasteiger partial charge on any atom is -0.494 e. The van der Waals surface area contributed by atoms with Gasteiger partial charge in [-0.25, -0.2) is 8.78 Å². The highest BCUT2D eigenvalue weighted by molar-refractivity contribution is 7.16. The van der Waals surface area contributed by atoms with E-state index >= 15 is 0 Å². The average molecular weight is 540 g/mol. The maximum absolute atomic E-state index is 14.6. The third kappa shape index (κ3) is 11.3. The molecule has 0 saturated carbocycles. The van der Waals surface area contributed by atoms with Crippen molar-refractivity contribution in [3.63, 3.8) is 0 Å². The lowest BCUT2D eigenvalue weighted by atomic mass is 9.86. The highest BCUT2D eigenvalue weighted by Crippen LogP contribution is 2.32. The maximum Gasteiger partial charge on any atom is 0.129 e. The van der Waals surface area contributed by atoms with Gasteiger partial charge in [-0.3, -0.25) is 0 Å². The fraction of sp³-hybridized carbons (Fsp3) is 0.400. The Morgan fingerprint density at radius 1 is 0.892 bits per heavy atom. The molecule has 0 fully saturated rings. The Morgan fingerprint density at radius 2 is 1.59 bits per heavy atom. The number of halogens is 2. The van der Waals surface area contributed by atoms with Gasteiger partial charge < -0.3 is 21.0 Å². The van der Waals surface area contributed by atoms with Crippen LogP contribution in [0, 0.1) is 25.5 Å². The SMILES string of the molecule is CC.Cc1ccc(C(CCCOc2ccc(CNCCCP)cc2)c2ccc(F)cc2F)cc1C.O.O.[HH].[HH]. The number of benzene rings is 3. The Morgan fingerprint density at radius 3 is 2.22 bits per heavy atom. The van der Waals surface area contributed by atoms with E-state index < -0.39 is 11.6 Å². The topological polar surface area (TPSA) is 84.3 Å². The first-order chi connectivity index (χ1) is 17.0. The molecule has 37 heavy (non-hydrogen) atoms. The Bertz CT molecular complexity index is 1040. The molecule has 0 bridgehead atoms. The van der Waals surface area contributed by atoms with E-state index in [4.69, 9.17) is 4.74 Å². The van der Waals surface area contributed by atoms with Gasteiger partial charge in [0.1, 0.15) is 17.4 Å². The van der Waals surface area contributed by atoms with E-state index in [1.807, 2.05) is 32.0 Å². The molecule has 0 radical (unpaired) electrons. The van der Waals surface area contributed by atoms with Crippen LogP contribution in [-0.2, 0) is 6.54 Å². The van der Waals surface area contributed by atoms with Crippen molar-refractivity contribution in [1.29, 1.82) is 0 Å². The molecule has 0 aromatic heterocycles. The van der Waals surface area contributed by atoms with Crippen molar-refractivity contribution < 1.29 is 27.3 Å². The zero-order valence-electron chi connectivity index (χ0n) is 22.5. The molecule has 0 aliphatic rings. The second-order valence-corrected chi connectivity index (χ2v) is 9.09. The molecule has 0 aliphatic heterocycles. The molecule has 3 aromatic carbocycles. The zero-order valence-corrected chi connectivity index (χ0v) is 23.7. The van der Waals surface area contributed by atoms with Gasteiger partial charge >= 0.3 is 0 Å². The van der Waals surface area contributed by atoms with Gasteiger partial charge in [0, 0.05) is 21.4 Å². The number of rotatable bonds is 12. The van der Waals surface area contributed by atoms with E-state index in [2.05, 4.69) is 52.7 Å². The smallest absolute Gasteiger partial charge is 0.129 e. The van der Waals surface area contributed by atoms with Crippen molar-refractivity contribution >= 4 is 9.24 Å². The van der Waals surface area contributed by atoms with Crippen LogP contribution in [-0.4, -0.2) is 30.3 Å². The second kappa shape index (κ2) is 18.8. The minimum atomic E-state index is -0.554. The first-order valence-electron chi connectivity index (χ1n) is 12.6. The van der Waals surface area contributed by atoms with Gasteiger partial charge in [-0.2, -0.15) is 0 Å². The van der Waals surface area contributed by atoms with Crippen LogP contribution in [0.15, 0.2) is 60.7 Å². The molecule has 4 nitrogen and oxygen atoms in total. The summed E-state index contributed by atoms with van der Waals surface area (Å²) in [6.45, 7) is 10.5. The molecule has 0 saturated heterocycles. The van der Waals surface area contributed by atoms with E-state index in [0.29, 0.717) is 18.6 Å². The number of hydrogen-bond acceptors (Lipinski definition) is 2. The van der Waals surface area contributed by atoms with Crippen LogP contribution >= 0.6 is 9.24 Å². The van der Waals surface area contributed by atoms with E-state index in [-0.39, 0.29) is 19.7 Å². The number of hydrogen-bond donors (Lipinski definition) is 1. The first-order valence-corrected chi connectivity index (χ1v) is 13.4. The van der Waals surface area contributed by atoms with Gasteiger partial charge in [0.2, 0.25) is 0 Å². The number of aryl methyl sites for hydroxylation is 2. The van der Waals surface area contributed by atoms with E-state index in [0.717, 1.165) is 49.5 Å². The fourth-order valence-electron chi connectivity index (χ4n) is 3.91. The largest absolute Gasteiger partial charge is 0.494 e. The summed E-state index contributed by atoms with van der Waals surface area (Å²) in [5.41, 5.74) is 5.16. The molecule has 2 atom stereocenters. The van der Waals surface area contributed by atoms with Crippen LogP contribution in [0.25, 0.3) is 0 Å². The molecule has 0 heterocycles. The molecule has 5 N–H and O–H groups in total. The second-order valence-electron chi connectivity index (χ2n) is 8.52. The summed E-state index contributed by atoms with van der Waals surface area (Å²) in [5.74, 6) is -0.370. The van der Waals surface area contributed by atoms with Crippen molar-refractivity contribution in [3.05, 3.63) is 100 Å². The molecular weight excluding hydrogens is 491 g/mol. The highest BCUT2D eigenvalue weighted by Gasteiger charge is 2.19. The van der Waals surface area contributed by atoms with Gasteiger partial charge in [0.05, 0.1) is 6.61 Å². The summed E-state index contributed by atoms with van der Waals surface area (Å²) >= 11 is 0. The summed E-state index contributed by atoms with van der Waals surface area (Å²) in [6, 6.07) is 18.2. The van der Waals surface area contributed by atoms with Crippen LogP contribution in [0.5, 0.6) is 5.75 Å². The molecule has 0 aliphatic carbocycles. The summed E-state index contributed by atoms with van der Waals surface area (Å²) in [5, 5.41) is 3.43. The van der Waals surface area contributed by atoms with Crippen LogP contribution in [0.4, 0.5) is 8.78 Å². The first kappa shape index (κ1) is 34.6. The van der Waals surface area contributed by atoms with Crippen molar-refractivity contribution in [2.75, 3.05) is 19.3 Å². The third-order valence-corrected chi connectivity index (χ3v) is 6.40. The van der Waals surface area contributed by atoms with Gasteiger partial charge in [-0.15, -0.1) is 9.24 Å². The predicted octanol–water partition coefficient (Wildman–Crippen LogP) is 6.80. The summed E-state index contributed by atoms with van der Waals surface area (Å²) in [6.07, 6.45) is 3.73. The van der Waals surface area contributed by atoms with E-state index in [9.17, 15) is 8.78 Å². The highest BCUT2D eigenvalue weighted by atomic mass is 31.0. The molecule has 2 unspecified atom stereocenters. The minimum absolute atomic E-state index is 0. The van der Waals surface area contributed by atoms with Gasteiger partial charge in [-0.05, 0) is 91.8 Å². The molecule has 210 valence electrons. The number of nitrogens with one attached hydrogen (secondary N) is 1. The summed E-state index contributed by atoms with van der Waals surface area (Å²) in [7, 11) is 2.74. The van der Waals surface area contributed by atoms with E-state index in [1.54, 1.807) is 6.07 Å². The molecule has 0 spiro atoms. The standard InChI is InChI=1S/C28H34F2NOP.C2H6.2H2O.2H2/c1-20-6-9-23(17-21(20)2)26(27-13-10-24(29)18-28(27)30)5-3-15-32-25-11-7-22(8-12-25)19-31-14-4-16-33;1-2;;;;/h6-13,17-18,26,31H,3-5,14-16,19,33H2,1-2H3;1-2H3;2*1H2;2*1H. The number of ether oxygens (including phenoxy) is 1. The maximum atomic E-state index is 14.6. The Labute approximate surface area is 226 Å². The zero-order chi connectivity index (χ0) is 25.6.